The summed E-state index contributed by atoms with van der Waals surface area (Å²) in [4.78, 5) is 14.0. The fraction of sp³-hybridized carbons (Fsp3) is 0.0167. The standard InChI is InChI=1S/C60H39N3/c1-61-52-35-37-56-54(39-52)53-38-49(34-36-55(53)60(56,50-18-10-4-11-19-50)51-20-12-5-13-21-51)45-24-22-43(23-25-45)44-28-32-47(33-29-44)58-40-57(62-59(63-58)48-16-8-3-9-17-48)46-30-26-42(27-31-46)41-14-6-2-7-15-41/h2-40H. The first kappa shape index (κ1) is 37.5. The van der Waals surface area contributed by atoms with Crippen molar-refractivity contribution in [2.45, 2.75) is 5.41 Å². The monoisotopic (exact) mass is 801 g/mol. The van der Waals surface area contributed by atoms with Crippen LogP contribution in [0.3, 0.4) is 0 Å². The number of rotatable bonds is 8. The summed E-state index contributed by atoms with van der Waals surface area (Å²) in [5.74, 6) is 0.697. The maximum Gasteiger partial charge on any atom is 0.187 e. The van der Waals surface area contributed by atoms with Crippen molar-refractivity contribution in [1.82, 2.24) is 9.97 Å². The van der Waals surface area contributed by atoms with E-state index in [0.29, 0.717) is 11.5 Å². The maximum atomic E-state index is 7.87. The van der Waals surface area contributed by atoms with Crippen LogP contribution in [0.5, 0.6) is 0 Å². The quantitative estimate of drug-likeness (QED) is 0.143. The lowest BCUT2D eigenvalue weighted by atomic mass is 9.67. The summed E-state index contributed by atoms with van der Waals surface area (Å²) < 4.78 is 0. The molecular formula is C60H39N3. The number of hydrogen-bond acceptors (Lipinski definition) is 2. The van der Waals surface area contributed by atoms with Gasteiger partial charge in [-0.3, -0.25) is 0 Å². The third-order valence-electron chi connectivity index (χ3n) is 12.4. The largest absolute Gasteiger partial charge is 0.238 e. The van der Waals surface area contributed by atoms with E-state index in [4.69, 9.17) is 16.5 Å². The molecule has 11 rings (SSSR count). The summed E-state index contributed by atoms with van der Waals surface area (Å²) >= 11 is 0. The highest BCUT2D eigenvalue weighted by molar-refractivity contribution is 5.90. The lowest BCUT2D eigenvalue weighted by Crippen LogP contribution is -2.28. The van der Waals surface area contributed by atoms with Gasteiger partial charge in [-0.2, -0.15) is 0 Å². The minimum Gasteiger partial charge on any atom is -0.238 e. The fourth-order valence-electron chi connectivity index (χ4n) is 9.35. The van der Waals surface area contributed by atoms with Gasteiger partial charge in [-0.25, -0.2) is 14.8 Å². The predicted molar refractivity (Wildman–Crippen MR) is 258 cm³/mol. The van der Waals surface area contributed by atoms with Crippen molar-refractivity contribution in [3.63, 3.8) is 0 Å². The first-order chi connectivity index (χ1) is 31.2. The normalized spacial score (nSPS) is 12.2. The van der Waals surface area contributed by atoms with Crippen LogP contribution in [0.15, 0.2) is 237 Å². The summed E-state index contributed by atoms with van der Waals surface area (Å²) in [6.07, 6.45) is 0. The Hall–Kier alpha value is -8.45. The number of aromatic nitrogens is 2. The minimum atomic E-state index is -0.507. The topological polar surface area (TPSA) is 30.1 Å². The third kappa shape index (κ3) is 6.72. The zero-order chi connectivity index (χ0) is 42.2. The molecule has 0 amide bonds. The van der Waals surface area contributed by atoms with Crippen molar-refractivity contribution in [3.05, 3.63) is 270 Å². The van der Waals surface area contributed by atoms with Gasteiger partial charge >= 0.3 is 0 Å². The highest BCUT2D eigenvalue weighted by Crippen LogP contribution is 2.57. The molecule has 1 aromatic heterocycles. The van der Waals surface area contributed by atoms with E-state index >= 15 is 0 Å². The lowest BCUT2D eigenvalue weighted by molar-refractivity contribution is 0.768. The van der Waals surface area contributed by atoms with Gasteiger partial charge in [0.25, 0.3) is 0 Å². The van der Waals surface area contributed by atoms with E-state index in [0.717, 1.165) is 61.5 Å². The van der Waals surface area contributed by atoms with Crippen molar-refractivity contribution in [2.24, 2.45) is 0 Å². The van der Waals surface area contributed by atoms with E-state index in [9.17, 15) is 0 Å². The van der Waals surface area contributed by atoms with Gasteiger partial charge in [-0.05, 0) is 85.0 Å². The van der Waals surface area contributed by atoms with Gasteiger partial charge in [0.15, 0.2) is 11.5 Å². The summed E-state index contributed by atoms with van der Waals surface area (Å²) in [5, 5.41) is 0. The molecule has 1 heterocycles. The average Bonchev–Trinajstić information content (AvgIpc) is 3.67. The van der Waals surface area contributed by atoms with E-state index in [1.807, 2.05) is 30.3 Å². The molecular weight excluding hydrogens is 763 g/mol. The number of hydrogen-bond donors (Lipinski definition) is 0. The summed E-state index contributed by atoms with van der Waals surface area (Å²) in [7, 11) is 0. The van der Waals surface area contributed by atoms with Crippen LogP contribution in [0.2, 0.25) is 0 Å². The zero-order valence-corrected chi connectivity index (χ0v) is 34.4. The van der Waals surface area contributed by atoms with Gasteiger partial charge in [0.05, 0.1) is 23.4 Å². The first-order valence-electron chi connectivity index (χ1n) is 21.3. The number of nitrogens with zero attached hydrogens (tertiary/aromatic N) is 3. The van der Waals surface area contributed by atoms with E-state index in [1.54, 1.807) is 0 Å². The predicted octanol–water partition coefficient (Wildman–Crippen LogP) is 15.4. The van der Waals surface area contributed by atoms with Crippen molar-refractivity contribution in [3.8, 4) is 78.4 Å². The Morgan fingerprint density at radius 1 is 0.317 bits per heavy atom. The molecule has 3 nitrogen and oxygen atoms in total. The summed E-state index contributed by atoms with van der Waals surface area (Å²) in [5.41, 5.74) is 18.9. The Kier molecular flexibility index (Phi) is 9.45. The third-order valence-corrected chi connectivity index (χ3v) is 12.4. The second kappa shape index (κ2) is 15.9. The average molecular weight is 802 g/mol. The first-order valence-corrected chi connectivity index (χ1v) is 21.3. The molecule has 63 heavy (non-hydrogen) atoms. The summed E-state index contributed by atoms with van der Waals surface area (Å²) in [6.45, 7) is 7.87. The molecule has 0 radical (unpaired) electrons. The van der Waals surface area contributed by atoms with E-state index in [2.05, 4.69) is 211 Å². The molecule has 1 aliphatic rings. The van der Waals surface area contributed by atoms with Gasteiger partial charge in [0.2, 0.25) is 0 Å². The fourth-order valence-corrected chi connectivity index (χ4v) is 9.35. The van der Waals surface area contributed by atoms with Gasteiger partial charge in [0.1, 0.15) is 0 Å². The van der Waals surface area contributed by atoms with Crippen molar-refractivity contribution in [1.29, 1.82) is 0 Å². The molecule has 9 aromatic carbocycles. The number of benzene rings is 9. The molecule has 0 saturated carbocycles. The molecule has 0 unspecified atom stereocenters. The Bertz CT molecular complexity index is 3240. The number of fused-ring (bicyclic) bond motifs is 3. The SMILES string of the molecule is [C-]#[N+]c1ccc2c(c1)-c1cc(-c3ccc(-c4ccc(-c5cc(-c6ccc(-c7ccccc7)cc6)nc(-c6ccccc6)n5)cc4)cc3)ccc1C2(c1ccccc1)c1ccccc1. The smallest absolute Gasteiger partial charge is 0.187 e. The second-order valence-electron chi connectivity index (χ2n) is 16.0. The van der Waals surface area contributed by atoms with Crippen LogP contribution in [0.4, 0.5) is 5.69 Å². The highest BCUT2D eigenvalue weighted by Gasteiger charge is 2.46. The van der Waals surface area contributed by atoms with E-state index in [1.165, 1.54) is 33.4 Å². The molecule has 0 bridgehead atoms. The molecule has 294 valence electrons. The molecule has 1 aliphatic carbocycles. The van der Waals surface area contributed by atoms with Crippen LogP contribution in [0.25, 0.3) is 83.3 Å². The molecule has 0 saturated heterocycles. The van der Waals surface area contributed by atoms with Crippen LogP contribution in [-0.4, -0.2) is 9.97 Å². The molecule has 10 aromatic rings. The Labute approximate surface area is 368 Å². The molecule has 0 spiro atoms. The van der Waals surface area contributed by atoms with Crippen molar-refractivity contribution >= 4 is 5.69 Å². The van der Waals surface area contributed by atoms with Gasteiger partial charge in [-0.15, -0.1) is 0 Å². The maximum absolute atomic E-state index is 7.87. The second-order valence-corrected chi connectivity index (χ2v) is 16.0. The Morgan fingerprint density at radius 2 is 0.683 bits per heavy atom. The van der Waals surface area contributed by atoms with Crippen molar-refractivity contribution in [2.75, 3.05) is 0 Å². The molecule has 3 heteroatoms. The lowest BCUT2D eigenvalue weighted by Gasteiger charge is -2.34. The van der Waals surface area contributed by atoms with Crippen LogP contribution >= 0.6 is 0 Å². The van der Waals surface area contributed by atoms with E-state index < -0.39 is 5.41 Å². The van der Waals surface area contributed by atoms with Gasteiger partial charge in [-0.1, -0.05) is 218 Å². The van der Waals surface area contributed by atoms with Gasteiger partial charge in [0, 0.05) is 16.7 Å². The van der Waals surface area contributed by atoms with Crippen LogP contribution in [0, 0.1) is 6.57 Å². The highest BCUT2D eigenvalue weighted by atomic mass is 14.9. The molecule has 0 fully saturated rings. The van der Waals surface area contributed by atoms with Crippen LogP contribution in [0.1, 0.15) is 22.3 Å². The Balaban J connectivity index is 0.920. The van der Waals surface area contributed by atoms with Crippen molar-refractivity contribution < 1.29 is 0 Å². The zero-order valence-electron chi connectivity index (χ0n) is 34.4. The molecule has 0 aliphatic heterocycles. The van der Waals surface area contributed by atoms with E-state index in [-0.39, 0.29) is 0 Å². The van der Waals surface area contributed by atoms with Crippen LogP contribution in [-0.2, 0) is 5.41 Å². The molecule has 0 atom stereocenters. The van der Waals surface area contributed by atoms with Gasteiger partial charge < -0.3 is 0 Å². The molecule has 0 N–H and O–H groups in total. The Morgan fingerprint density at radius 3 is 1.16 bits per heavy atom. The summed E-state index contributed by atoms with van der Waals surface area (Å²) in [6, 6.07) is 83.4. The minimum absolute atomic E-state index is 0.507. The van der Waals surface area contributed by atoms with Crippen LogP contribution < -0.4 is 0 Å².